The molecule has 1 nitrogen and oxygen atoms in total. The summed E-state index contributed by atoms with van der Waals surface area (Å²) in [4.78, 5) is 0. The molecule has 0 aliphatic heterocycles. The summed E-state index contributed by atoms with van der Waals surface area (Å²) >= 11 is 0. The Bertz CT molecular complexity index is 214. The molecule has 0 heterocycles. The second-order valence-electron chi connectivity index (χ2n) is 6.10. The monoisotopic (exact) mass is 384 g/mol. The van der Waals surface area contributed by atoms with Gasteiger partial charge in [-0.15, -0.1) is 0 Å². The molecule has 0 aromatic carbocycles. The van der Waals surface area contributed by atoms with Crippen molar-refractivity contribution in [3.05, 3.63) is 12.7 Å². The summed E-state index contributed by atoms with van der Waals surface area (Å²) in [6.07, 6.45) is 6.67. The average Bonchev–Trinajstić information content (AvgIpc) is 2.14. The predicted octanol–water partition coefficient (Wildman–Crippen LogP) is 1.95. The first-order valence-electron chi connectivity index (χ1n) is 6.47. The van der Waals surface area contributed by atoms with Gasteiger partial charge in [0, 0.05) is 19.5 Å². The van der Waals surface area contributed by atoms with Crippen LogP contribution in [-0.4, -0.2) is 14.4 Å². The van der Waals surface area contributed by atoms with Crippen molar-refractivity contribution >= 4 is 8.32 Å². The number of hydrogen-bond donors (Lipinski definition) is 0. The van der Waals surface area contributed by atoms with E-state index >= 15 is 0 Å². The van der Waals surface area contributed by atoms with Gasteiger partial charge in [-0.3, -0.25) is 0 Å². The van der Waals surface area contributed by atoms with E-state index in [2.05, 4.69) is 40.8 Å². The van der Waals surface area contributed by atoms with Crippen molar-refractivity contribution in [3.63, 3.8) is 0 Å². The van der Waals surface area contributed by atoms with Gasteiger partial charge < -0.3 is 21.4 Å². The Hall–Kier alpha value is 1.02. The van der Waals surface area contributed by atoms with Crippen LogP contribution in [0.2, 0.25) is 18.1 Å². The largest absolute Gasteiger partial charge is 1.00 e. The molecule has 0 aliphatic rings. The zero-order valence-electron chi connectivity index (χ0n) is 13.1. The van der Waals surface area contributed by atoms with Crippen molar-refractivity contribution in [2.45, 2.75) is 77.6 Å². The van der Waals surface area contributed by atoms with Gasteiger partial charge in [-0.1, -0.05) is 59.6 Å². The Morgan fingerprint density at radius 2 is 1.72 bits per heavy atom. The minimum absolute atomic E-state index is 0. The van der Waals surface area contributed by atoms with Crippen LogP contribution in [0.1, 0.15) is 53.4 Å². The standard InChI is InChI=1S/C14H29OSi.BrH.Zn/c1-8-10-11-12-13(9-2)15-16(6,7)14(3,4)5;;/h2,9,13H,8,10-12H2,1,3-7H3;1H;/p-1. The summed E-state index contributed by atoms with van der Waals surface area (Å²) < 4.78 is 6.26. The van der Waals surface area contributed by atoms with E-state index in [0.29, 0.717) is 0 Å². The Kier molecular flexibility index (Phi) is 14.4. The Morgan fingerprint density at radius 1 is 1.22 bits per heavy atom. The van der Waals surface area contributed by atoms with Crippen LogP contribution in [0.25, 0.3) is 0 Å². The van der Waals surface area contributed by atoms with Gasteiger partial charge in [-0.05, 0) is 24.6 Å². The molecule has 105 valence electrons. The van der Waals surface area contributed by atoms with Crippen LogP contribution in [0, 0.1) is 6.58 Å². The van der Waals surface area contributed by atoms with E-state index in [0.717, 1.165) is 6.42 Å². The van der Waals surface area contributed by atoms with Crippen molar-refractivity contribution < 1.29 is 40.9 Å². The first kappa shape index (κ1) is 24.1. The fourth-order valence-electron chi connectivity index (χ4n) is 1.35. The van der Waals surface area contributed by atoms with Crippen LogP contribution in [0.15, 0.2) is 6.08 Å². The van der Waals surface area contributed by atoms with Gasteiger partial charge in [-0.25, -0.2) is 0 Å². The minimum Gasteiger partial charge on any atom is -1.00 e. The molecule has 0 saturated heterocycles. The second kappa shape index (κ2) is 10.8. The van der Waals surface area contributed by atoms with Crippen LogP contribution in [0.5, 0.6) is 0 Å². The fraction of sp³-hybridized carbons (Fsp3) is 0.857. The molecule has 1 unspecified atom stereocenters. The first-order valence-corrected chi connectivity index (χ1v) is 9.38. The van der Waals surface area contributed by atoms with E-state index < -0.39 is 8.32 Å². The maximum Gasteiger partial charge on any atom is 0.192 e. The van der Waals surface area contributed by atoms with Crippen molar-refractivity contribution in [2.75, 3.05) is 0 Å². The first-order chi connectivity index (χ1) is 7.24. The van der Waals surface area contributed by atoms with E-state index in [9.17, 15) is 0 Å². The van der Waals surface area contributed by atoms with Gasteiger partial charge >= 0.3 is 0 Å². The number of halogens is 1. The third-order valence-corrected chi connectivity index (χ3v) is 8.06. The topological polar surface area (TPSA) is 9.23 Å². The third kappa shape index (κ3) is 9.01. The summed E-state index contributed by atoms with van der Waals surface area (Å²) in [6, 6.07) is 0. The van der Waals surface area contributed by atoms with Gasteiger partial charge in [0.2, 0.25) is 0 Å². The average molecular weight is 387 g/mol. The zero-order valence-corrected chi connectivity index (χ0v) is 18.6. The molecule has 0 bridgehead atoms. The number of rotatable bonds is 7. The molecule has 0 fully saturated rings. The molecule has 0 saturated carbocycles. The molecule has 0 N–H and O–H groups in total. The maximum atomic E-state index is 6.26. The molecular formula is C14H29BrOSiZn-. The SMILES string of the molecule is [Br-].[CH]=CC(CCCCC)O[Si](C)(C)C(C)(C)C.[Zn]. The van der Waals surface area contributed by atoms with Gasteiger partial charge in [-0.2, -0.15) is 0 Å². The summed E-state index contributed by atoms with van der Waals surface area (Å²) in [5, 5.41) is 0.263. The summed E-state index contributed by atoms with van der Waals surface area (Å²) in [5.74, 6) is 0. The molecule has 1 radical (unpaired) electrons. The maximum absolute atomic E-state index is 6.26. The molecule has 4 heteroatoms. The van der Waals surface area contributed by atoms with Crippen LogP contribution in [-0.2, 0) is 23.9 Å². The fourth-order valence-corrected chi connectivity index (χ4v) is 2.65. The molecule has 0 spiro atoms. The molecule has 0 aromatic rings. The summed E-state index contributed by atoms with van der Waals surface area (Å²) in [5.41, 5.74) is 0. The van der Waals surface area contributed by atoms with Crippen molar-refractivity contribution in [3.8, 4) is 0 Å². The van der Waals surface area contributed by atoms with E-state index in [1.807, 2.05) is 0 Å². The Balaban J connectivity index is -0.00000112. The normalized spacial score (nSPS) is 13.2. The van der Waals surface area contributed by atoms with Gasteiger partial charge in [0.1, 0.15) is 0 Å². The quantitative estimate of drug-likeness (QED) is 0.480. The smallest absolute Gasteiger partial charge is 0.192 e. The molecule has 0 amide bonds. The molecule has 0 aromatic heterocycles. The third-order valence-electron chi connectivity index (χ3n) is 3.56. The summed E-state index contributed by atoms with van der Waals surface area (Å²) in [7, 11) is -1.66. The number of unbranched alkanes of at least 4 members (excludes halogenated alkanes) is 2. The zero-order chi connectivity index (χ0) is 12.8. The van der Waals surface area contributed by atoms with Crippen LogP contribution >= 0.6 is 0 Å². The van der Waals surface area contributed by atoms with E-state index in [1.54, 1.807) is 6.08 Å². The van der Waals surface area contributed by atoms with Crippen molar-refractivity contribution in [2.24, 2.45) is 0 Å². The second-order valence-corrected chi connectivity index (χ2v) is 10.9. The van der Waals surface area contributed by atoms with Gasteiger partial charge in [0.05, 0.1) is 6.10 Å². The van der Waals surface area contributed by atoms with Crippen LogP contribution < -0.4 is 17.0 Å². The van der Waals surface area contributed by atoms with Crippen molar-refractivity contribution in [1.29, 1.82) is 0 Å². The van der Waals surface area contributed by atoms with Gasteiger partial charge in [0.15, 0.2) is 8.32 Å². The van der Waals surface area contributed by atoms with E-state index in [-0.39, 0.29) is 47.6 Å². The molecule has 18 heavy (non-hydrogen) atoms. The number of hydrogen-bond acceptors (Lipinski definition) is 1. The Labute approximate surface area is 139 Å². The molecule has 0 rings (SSSR count). The molecule has 0 aliphatic carbocycles. The Morgan fingerprint density at radius 3 is 2.06 bits per heavy atom. The summed E-state index contributed by atoms with van der Waals surface area (Å²) in [6.45, 7) is 19.2. The molecule has 1 atom stereocenters. The van der Waals surface area contributed by atoms with Crippen LogP contribution in [0.4, 0.5) is 0 Å². The molecular weight excluding hydrogens is 358 g/mol. The van der Waals surface area contributed by atoms with Crippen molar-refractivity contribution in [1.82, 2.24) is 0 Å². The van der Waals surface area contributed by atoms with E-state index in [4.69, 9.17) is 11.0 Å². The van der Waals surface area contributed by atoms with Gasteiger partial charge in [0.25, 0.3) is 0 Å². The predicted molar refractivity (Wildman–Crippen MR) is 75.1 cm³/mol. The van der Waals surface area contributed by atoms with E-state index in [1.165, 1.54) is 19.3 Å². The minimum atomic E-state index is -1.66. The van der Waals surface area contributed by atoms with Crippen LogP contribution in [0.3, 0.4) is 0 Å².